The van der Waals surface area contributed by atoms with Crippen molar-refractivity contribution in [3.05, 3.63) is 0 Å². The highest BCUT2D eigenvalue weighted by molar-refractivity contribution is 5.76. The highest BCUT2D eigenvalue weighted by Gasteiger charge is 2.32. The topological polar surface area (TPSA) is 32.3 Å². The van der Waals surface area contributed by atoms with E-state index in [0.717, 1.165) is 6.42 Å². The molecular weight excluding hydrogens is 245 g/mol. The van der Waals surface area contributed by atoms with Gasteiger partial charge in [-0.1, -0.05) is 20.3 Å². The van der Waals surface area contributed by atoms with Gasteiger partial charge in [-0.15, -0.1) is 0 Å². The quantitative estimate of drug-likeness (QED) is 0.846. The van der Waals surface area contributed by atoms with Crippen LogP contribution in [0.5, 0.6) is 0 Å². The van der Waals surface area contributed by atoms with Crippen molar-refractivity contribution in [3.63, 3.8) is 0 Å². The van der Waals surface area contributed by atoms with Gasteiger partial charge in [-0.3, -0.25) is 4.79 Å². The number of halogens is 3. The fourth-order valence-corrected chi connectivity index (χ4v) is 2.33. The molecule has 1 aliphatic rings. The van der Waals surface area contributed by atoms with Crippen LogP contribution in [-0.2, 0) is 4.79 Å². The van der Waals surface area contributed by atoms with Crippen LogP contribution in [0.15, 0.2) is 0 Å². The number of amides is 1. The van der Waals surface area contributed by atoms with Crippen molar-refractivity contribution in [1.29, 1.82) is 0 Å². The van der Waals surface area contributed by atoms with Gasteiger partial charge in [0.2, 0.25) is 5.91 Å². The molecule has 18 heavy (non-hydrogen) atoms. The van der Waals surface area contributed by atoms with E-state index in [9.17, 15) is 18.0 Å². The molecule has 106 valence electrons. The molecule has 1 rings (SSSR count). The summed E-state index contributed by atoms with van der Waals surface area (Å²) in [5, 5.41) is 2.52. The first kappa shape index (κ1) is 15.3. The molecule has 2 atom stereocenters. The first-order valence-corrected chi connectivity index (χ1v) is 6.43. The third kappa shape index (κ3) is 4.84. The molecule has 1 heterocycles. The van der Waals surface area contributed by atoms with Crippen molar-refractivity contribution in [3.8, 4) is 0 Å². The fourth-order valence-electron chi connectivity index (χ4n) is 2.33. The van der Waals surface area contributed by atoms with Crippen LogP contribution in [0, 0.1) is 5.92 Å². The molecule has 1 amide bonds. The lowest BCUT2D eigenvalue weighted by Crippen LogP contribution is -2.52. The Balaban J connectivity index is 2.54. The SMILES string of the molecule is CCC(=O)N1CC(CC)CC(NCC(F)(F)F)C1. The number of alkyl halides is 3. The zero-order chi connectivity index (χ0) is 13.8. The summed E-state index contributed by atoms with van der Waals surface area (Å²) < 4.78 is 36.5. The fraction of sp³-hybridized carbons (Fsp3) is 0.917. The molecule has 0 aromatic rings. The van der Waals surface area contributed by atoms with Crippen molar-refractivity contribution in [2.75, 3.05) is 19.6 Å². The van der Waals surface area contributed by atoms with E-state index in [1.165, 1.54) is 0 Å². The lowest BCUT2D eigenvalue weighted by Gasteiger charge is -2.38. The maximum absolute atomic E-state index is 12.2. The van der Waals surface area contributed by atoms with E-state index in [1.54, 1.807) is 11.8 Å². The number of likely N-dealkylation sites (tertiary alicyclic amines) is 1. The zero-order valence-corrected chi connectivity index (χ0v) is 10.9. The number of hydrogen-bond acceptors (Lipinski definition) is 2. The average Bonchev–Trinajstić information content (AvgIpc) is 2.34. The van der Waals surface area contributed by atoms with Gasteiger partial charge in [-0.2, -0.15) is 13.2 Å². The highest BCUT2D eigenvalue weighted by Crippen LogP contribution is 2.21. The average molecular weight is 266 g/mol. The molecule has 1 fully saturated rings. The monoisotopic (exact) mass is 266 g/mol. The smallest absolute Gasteiger partial charge is 0.341 e. The predicted octanol–water partition coefficient (Wildman–Crippen LogP) is 2.18. The maximum atomic E-state index is 12.2. The molecule has 2 unspecified atom stereocenters. The second-order valence-corrected chi connectivity index (χ2v) is 4.86. The van der Waals surface area contributed by atoms with Gasteiger partial charge in [0.1, 0.15) is 0 Å². The van der Waals surface area contributed by atoms with Crippen molar-refractivity contribution in [1.82, 2.24) is 10.2 Å². The van der Waals surface area contributed by atoms with E-state index in [0.29, 0.717) is 31.8 Å². The third-order valence-corrected chi connectivity index (χ3v) is 3.36. The minimum Gasteiger partial charge on any atom is -0.341 e. The zero-order valence-electron chi connectivity index (χ0n) is 10.9. The summed E-state index contributed by atoms with van der Waals surface area (Å²) in [4.78, 5) is 13.3. The summed E-state index contributed by atoms with van der Waals surface area (Å²) in [7, 11) is 0. The van der Waals surface area contributed by atoms with Gasteiger partial charge in [0.05, 0.1) is 6.54 Å². The van der Waals surface area contributed by atoms with E-state index < -0.39 is 12.7 Å². The Bertz CT molecular complexity index is 281. The van der Waals surface area contributed by atoms with Gasteiger partial charge in [-0.25, -0.2) is 0 Å². The number of rotatable bonds is 4. The molecule has 0 spiro atoms. The van der Waals surface area contributed by atoms with Crippen molar-refractivity contribution in [2.24, 2.45) is 5.92 Å². The normalized spacial score (nSPS) is 25.3. The Morgan fingerprint density at radius 2 is 2.00 bits per heavy atom. The van der Waals surface area contributed by atoms with Crippen LogP contribution in [0.25, 0.3) is 0 Å². The standard InChI is InChI=1S/C12H21F3N2O/c1-3-9-5-10(16-8-12(13,14)15)7-17(6-9)11(18)4-2/h9-10,16H,3-8H2,1-2H3. The van der Waals surface area contributed by atoms with E-state index in [4.69, 9.17) is 0 Å². The molecule has 6 heteroatoms. The minimum absolute atomic E-state index is 0.0203. The van der Waals surface area contributed by atoms with Crippen LogP contribution < -0.4 is 5.32 Å². The Kier molecular flexibility index (Phi) is 5.44. The largest absolute Gasteiger partial charge is 0.401 e. The van der Waals surface area contributed by atoms with Crippen LogP contribution in [0.1, 0.15) is 33.1 Å². The van der Waals surface area contributed by atoms with Gasteiger partial charge in [0, 0.05) is 25.6 Å². The molecule has 0 radical (unpaired) electrons. The molecular formula is C12H21F3N2O. The Morgan fingerprint density at radius 3 is 2.50 bits per heavy atom. The van der Waals surface area contributed by atoms with Gasteiger partial charge in [-0.05, 0) is 12.3 Å². The Hall–Kier alpha value is -0.780. The molecule has 0 aliphatic carbocycles. The number of carbonyl (C=O) groups is 1. The molecule has 0 aromatic heterocycles. The van der Waals surface area contributed by atoms with E-state index in [-0.39, 0.29) is 11.9 Å². The molecule has 0 bridgehead atoms. The summed E-state index contributed by atoms with van der Waals surface area (Å²) in [5.41, 5.74) is 0. The molecule has 1 saturated heterocycles. The van der Waals surface area contributed by atoms with Gasteiger partial charge in [0.15, 0.2) is 0 Å². The van der Waals surface area contributed by atoms with E-state index in [1.807, 2.05) is 6.92 Å². The van der Waals surface area contributed by atoms with Crippen molar-refractivity contribution in [2.45, 2.75) is 45.3 Å². The van der Waals surface area contributed by atoms with Crippen molar-refractivity contribution < 1.29 is 18.0 Å². The van der Waals surface area contributed by atoms with Crippen LogP contribution in [0.2, 0.25) is 0 Å². The number of carbonyl (C=O) groups excluding carboxylic acids is 1. The molecule has 1 N–H and O–H groups in total. The predicted molar refractivity (Wildman–Crippen MR) is 63.1 cm³/mol. The van der Waals surface area contributed by atoms with Crippen molar-refractivity contribution >= 4 is 5.91 Å². The summed E-state index contributed by atoms with van der Waals surface area (Å²) in [6.07, 6.45) is -2.20. The van der Waals surface area contributed by atoms with Crippen LogP contribution in [0.3, 0.4) is 0 Å². The highest BCUT2D eigenvalue weighted by atomic mass is 19.4. The molecule has 0 aromatic carbocycles. The summed E-state index contributed by atoms with van der Waals surface area (Å²) in [6, 6.07) is -0.249. The number of nitrogens with zero attached hydrogens (tertiary/aromatic N) is 1. The second-order valence-electron chi connectivity index (χ2n) is 4.86. The number of piperidine rings is 1. The maximum Gasteiger partial charge on any atom is 0.401 e. The first-order chi connectivity index (χ1) is 8.35. The molecule has 0 saturated carbocycles. The van der Waals surface area contributed by atoms with Crippen LogP contribution in [0.4, 0.5) is 13.2 Å². The molecule has 1 aliphatic heterocycles. The number of hydrogen-bond donors (Lipinski definition) is 1. The van der Waals surface area contributed by atoms with Gasteiger partial charge < -0.3 is 10.2 Å². The number of nitrogens with one attached hydrogen (secondary N) is 1. The first-order valence-electron chi connectivity index (χ1n) is 6.43. The summed E-state index contributed by atoms with van der Waals surface area (Å²) >= 11 is 0. The van der Waals surface area contributed by atoms with E-state index in [2.05, 4.69) is 5.32 Å². The summed E-state index contributed by atoms with van der Waals surface area (Å²) in [6.45, 7) is 3.86. The lowest BCUT2D eigenvalue weighted by molar-refractivity contribution is -0.135. The Labute approximate surface area is 106 Å². The lowest BCUT2D eigenvalue weighted by atomic mass is 9.92. The van der Waals surface area contributed by atoms with Crippen LogP contribution >= 0.6 is 0 Å². The van der Waals surface area contributed by atoms with Gasteiger partial charge >= 0.3 is 6.18 Å². The molecule has 3 nitrogen and oxygen atoms in total. The Morgan fingerprint density at radius 1 is 1.33 bits per heavy atom. The van der Waals surface area contributed by atoms with Crippen LogP contribution in [-0.4, -0.2) is 42.7 Å². The minimum atomic E-state index is -4.20. The third-order valence-electron chi connectivity index (χ3n) is 3.36. The van der Waals surface area contributed by atoms with E-state index >= 15 is 0 Å². The van der Waals surface area contributed by atoms with Gasteiger partial charge in [0.25, 0.3) is 0 Å². The summed E-state index contributed by atoms with van der Waals surface area (Å²) in [5.74, 6) is 0.312. The second kappa shape index (κ2) is 6.41.